The lowest BCUT2D eigenvalue weighted by atomic mass is 10.1. The normalized spacial score (nSPS) is 10.6. The summed E-state index contributed by atoms with van der Waals surface area (Å²) in [7, 11) is 0. The van der Waals surface area contributed by atoms with Gasteiger partial charge in [-0.3, -0.25) is 0 Å². The van der Waals surface area contributed by atoms with Gasteiger partial charge in [-0.25, -0.2) is 4.98 Å². The molecule has 2 aromatic carbocycles. The van der Waals surface area contributed by atoms with Gasteiger partial charge in [0.1, 0.15) is 5.82 Å². The van der Waals surface area contributed by atoms with Crippen molar-refractivity contribution < 1.29 is 0 Å². The van der Waals surface area contributed by atoms with Crippen LogP contribution in [0.1, 0.15) is 29.7 Å². The summed E-state index contributed by atoms with van der Waals surface area (Å²) in [5, 5.41) is 6.77. The molecule has 140 valence electrons. The molecule has 4 heteroatoms. The number of benzene rings is 2. The second kappa shape index (κ2) is 10.3. The van der Waals surface area contributed by atoms with E-state index in [2.05, 4.69) is 81.3 Å². The molecule has 0 aliphatic heterocycles. The molecule has 4 nitrogen and oxygen atoms in total. The van der Waals surface area contributed by atoms with Crippen molar-refractivity contribution in [2.24, 2.45) is 0 Å². The predicted octanol–water partition coefficient (Wildman–Crippen LogP) is 4.87. The maximum atomic E-state index is 4.59. The smallest absolute Gasteiger partial charge is 0.224 e. The zero-order valence-electron chi connectivity index (χ0n) is 16.0. The molecule has 27 heavy (non-hydrogen) atoms. The second-order valence-corrected chi connectivity index (χ2v) is 6.75. The summed E-state index contributed by atoms with van der Waals surface area (Å²) < 4.78 is 0. The molecule has 0 amide bonds. The van der Waals surface area contributed by atoms with E-state index in [1.807, 2.05) is 13.0 Å². The Hall–Kier alpha value is -2.88. The molecule has 1 aromatic heterocycles. The van der Waals surface area contributed by atoms with Crippen molar-refractivity contribution in [1.29, 1.82) is 0 Å². The van der Waals surface area contributed by atoms with Crippen molar-refractivity contribution in [3.63, 3.8) is 0 Å². The summed E-state index contributed by atoms with van der Waals surface area (Å²) in [6, 6.07) is 23.1. The van der Waals surface area contributed by atoms with Crippen molar-refractivity contribution in [3.05, 3.63) is 83.6 Å². The van der Waals surface area contributed by atoms with E-state index in [1.54, 1.807) is 0 Å². The zero-order valence-corrected chi connectivity index (χ0v) is 16.0. The molecule has 0 saturated carbocycles. The molecule has 0 fully saturated rings. The number of aromatic nitrogens is 2. The fraction of sp³-hybridized carbons (Fsp3) is 0.304. The minimum absolute atomic E-state index is 0.702. The number of hydrogen-bond donors (Lipinski definition) is 2. The fourth-order valence-corrected chi connectivity index (χ4v) is 3.03. The van der Waals surface area contributed by atoms with Crippen LogP contribution in [-0.4, -0.2) is 23.1 Å². The monoisotopic (exact) mass is 360 g/mol. The molecule has 0 spiro atoms. The maximum absolute atomic E-state index is 4.59. The van der Waals surface area contributed by atoms with Crippen molar-refractivity contribution in [2.45, 2.75) is 32.6 Å². The summed E-state index contributed by atoms with van der Waals surface area (Å²) >= 11 is 0. The molecule has 0 aliphatic rings. The molecule has 3 rings (SSSR count). The van der Waals surface area contributed by atoms with Gasteiger partial charge in [-0.05, 0) is 43.7 Å². The average Bonchev–Trinajstić information content (AvgIpc) is 2.70. The topological polar surface area (TPSA) is 49.8 Å². The highest BCUT2D eigenvalue weighted by atomic mass is 15.1. The highest BCUT2D eigenvalue weighted by molar-refractivity contribution is 5.42. The first-order valence-corrected chi connectivity index (χ1v) is 9.71. The van der Waals surface area contributed by atoms with Gasteiger partial charge in [0.15, 0.2) is 0 Å². The Kier molecular flexibility index (Phi) is 7.22. The molecule has 0 radical (unpaired) electrons. The van der Waals surface area contributed by atoms with Crippen LogP contribution >= 0.6 is 0 Å². The molecule has 3 aromatic rings. The lowest BCUT2D eigenvalue weighted by Crippen LogP contribution is -2.10. The largest absolute Gasteiger partial charge is 0.370 e. The molecular weight excluding hydrogens is 332 g/mol. The van der Waals surface area contributed by atoms with Crippen LogP contribution in [0.2, 0.25) is 0 Å². The quantitative estimate of drug-likeness (QED) is 0.506. The summed E-state index contributed by atoms with van der Waals surface area (Å²) in [6.07, 6.45) is 4.26. The van der Waals surface area contributed by atoms with Gasteiger partial charge in [0.2, 0.25) is 5.95 Å². The SMILES string of the molecule is Cc1cc(NCCCc2ccccc2)nc(NCCCc2ccccc2)n1. The molecule has 0 aliphatic carbocycles. The minimum Gasteiger partial charge on any atom is -0.370 e. The Morgan fingerprint density at radius 1 is 0.704 bits per heavy atom. The number of rotatable bonds is 10. The van der Waals surface area contributed by atoms with Gasteiger partial charge in [0.25, 0.3) is 0 Å². The Balaban J connectivity index is 1.41. The van der Waals surface area contributed by atoms with Crippen LogP contribution < -0.4 is 10.6 Å². The lowest BCUT2D eigenvalue weighted by Gasteiger charge is -2.10. The number of nitrogens with one attached hydrogen (secondary N) is 2. The van der Waals surface area contributed by atoms with E-state index in [1.165, 1.54) is 11.1 Å². The van der Waals surface area contributed by atoms with Crippen molar-refractivity contribution in [2.75, 3.05) is 23.7 Å². The van der Waals surface area contributed by atoms with Crippen LogP contribution in [0.25, 0.3) is 0 Å². The van der Waals surface area contributed by atoms with Crippen molar-refractivity contribution >= 4 is 11.8 Å². The molecule has 0 saturated heterocycles. The number of aryl methyl sites for hydroxylation is 3. The van der Waals surface area contributed by atoms with Crippen LogP contribution in [0.4, 0.5) is 11.8 Å². The first-order chi connectivity index (χ1) is 13.3. The maximum Gasteiger partial charge on any atom is 0.224 e. The van der Waals surface area contributed by atoms with Crippen LogP contribution in [0.3, 0.4) is 0 Å². The summed E-state index contributed by atoms with van der Waals surface area (Å²) in [4.78, 5) is 9.08. The zero-order chi connectivity index (χ0) is 18.7. The third-order valence-electron chi connectivity index (χ3n) is 4.41. The Morgan fingerprint density at radius 3 is 1.85 bits per heavy atom. The standard InChI is InChI=1S/C23H28N4/c1-19-18-22(24-16-8-14-20-10-4-2-5-11-20)27-23(26-19)25-17-9-15-21-12-6-3-7-13-21/h2-7,10-13,18H,8-9,14-17H2,1H3,(H2,24,25,26,27). The van der Waals surface area contributed by atoms with E-state index < -0.39 is 0 Å². The second-order valence-electron chi connectivity index (χ2n) is 6.75. The Bertz CT molecular complexity index is 737. The molecule has 1 heterocycles. The van der Waals surface area contributed by atoms with E-state index in [0.717, 1.165) is 50.3 Å². The van der Waals surface area contributed by atoms with Gasteiger partial charge in [0.05, 0.1) is 0 Å². The number of anilines is 2. The Labute approximate surface area is 162 Å². The van der Waals surface area contributed by atoms with Crippen molar-refractivity contribution in [3.8, 4) is 0 Å². The summed E-state index contributed by atoms with van der Waals surface area (Å²) in [5.74, 6) is 1.59. The first kappa shape index (κ1) is 18.9. The van der Waals surface area contributed by atoms with Gasteiger partial charge < -0.3 is 10.6 Å². The summed E-state index contributed by atoms with van der Waals surface area (Å²) in [6.45, 7) is 3.77. The fourth-order valence-electron chi connectivity index (χ4n) is 3.03. The molecular formula is C23H28N4. The molecule has 0 atom stereocenters. The van der Waals surface area contributed by atoms with Crippen molar-refractivity contribution in [1.82, 2.24) is 9.97 Å². The van der Waals surface area contributed by atoms with Gasteiger partial charge in [-0.2, -0.15) is 4.98 Å². The highest BCUT2D eigenvalue weighted by Gasteiger charge is 2.02. The van der Waals surface area contributed by atoms with E-state index in [4.69, 9.17) is 0 Å². The van der Waals surface area contributed by atoms with Crippen LogP contribution in [0.5, 0.6) is 0 Å². The third-order valence-corrected chi connectivity index (χ3v) is 4.41. The van der Waals surface area contributed by atoms with Gasteiger partial charge >= 0.3 is 0 Å². The first-order valence-electron chi connectivity index (χ1n) is 9.71. The van der Waals surface area contributed by atoms with Gasteiger partial charge in [-0.15, -0.1) is 0 Å². The number of nitrogens with zero attached hydrogens (tertiary/aromatic N) is 2. The predicted molar refractivity (Wildman–Crippen MR) is 113 cm³/mol. The number of hydrogen-bond acceptors (Lipinski definition) is 4. The lowest BCUT2D eigenvalue weighted by molar-refractivity contribution is 0.845. The molecule has 0 bridgehead atoms. The molecule has 2 N–H and O–H groups in total. The van der Waals surface area contributed by atoms with Gasteiger partial charge in [0, 0.05) is 24.8 Å². The van der Waals surface area contributed by atoms with Gasteiger partial charge in [-0.1, -0.05) is 60.7 Å². The minimum atomic E-state index is 0.702. The van der Waals surface area contributed by atoms with Crippen LogP contribution in [0, 0.1) is 6.92 Å². The Morgan fingerprint density at radius 2 is 1.26 bits per heavy atom. The average molecular weight is 361 g/mol. The van der Waals surface area contributed by atoms with Crippen LogP contribution in [0.15, 0.2) is 66.7 Å². The highest BCUT2D eigenvalue weighted by Crippen LogP contribution is 2.11. The van der Waals surface area contributed by atoms with E-state index in [-0.39, 0.29) is 0 Å². The van der Waals surface area contributed by atoms with E-state index in [0.29, 0.717) is 5.95 Å². The van der Waals surface area contributed by atoms with Crippen LogP contribution in [-0.2, 0) is 12.8 Å². The molecule has 0 unspecified atom stereocenters. The summed E-state index contributed by atoms with van der Waals surface area (Å²) in [5.41, 5.74) is 3.71. The van der Waals surface area contributed by atoms with E-state index >= 15 is 0 Å². The van der Waals surface area contributed by atoms with E-state index in [9.17, 15) is 0 Å². The third kappa shape index (κ3) is 6.74.